The molecule has 1 fully saturated rings. The summed E-state index contributed by atoms with van der Waals surface area (Å²) in [5.74, 6) is -0.161. The molecule has 0 N–H and O–H groups in total. The summed E-state index contributed by atoms with van der Waals surface area (Å²) in [6, 6.07) is 4.64. The van der Waals surface area contributed by atoms with Gasteiger partial charge in [-0.1, -0.05) is 34.8 Å². The Balaban J connectivity index is 2.04. The fourth-order valence-corrected chi connectivity index (χ4v) is 2.90. The SMILES string of the molecule is CN(C)C[C@H]1CCCC/C1=N\OC(=O)c1ccc(Cl)c(Cl)c1. The molecule has 0 heterocycles. The molecule has 1 aromatic rings. The van der Waals surface area contributed by atoms with Gasteiger partial charge in [-0.05, 0) is 51.6 Å². The minimum absolute atomic E-state index is 0.326. The van der Waals surface area contributed by atoms with Crippen LogP contribution in [-0.4, -0.2) is 37.2 Å². The highest BCUT2D eigenvalue weighted by Gasteiger charge is 2.22. The number of nitrogens with zero attached hydrogens (tertiary/aromatic N) is 2. The Morgan fingerprint density at radius 2 is 2.09 bits per heavy atom. The van der Waals surface area contributed by atoms with Crippen molar-refractivity contribution in [2.24, 2.45) is 11.1 Å². The van der Waals surface area contributed by atoms with E-state index in [4.69, 9.17) is 28.0 Å². The van der Waals surface area contributed by atoms with Crippen molar-refractivity contribution in [2.75, 3.05) is 20.6 Å². The standard InChI is InChI=1S/C16H20Cl2N2O2/c1-20(2)10-12-5-3-4-6-15(12)19-22-16(21)11-7-8-13(17)14(18)9-11/h7-9,12H,3-6,10H2,1-2H3/b19-15+/t12-/m1/s1. The predicted octanol–water partition coefficient (Wildman–Crippen LogP) is 4.26. The van der Waals surface area contributed by atoms with Crippen LogP contribution in [0, 0.1) is 5.92 Å². The van der Waals surface area contributed by atoms with E-state index in [1.54, 1.807) is 12.1 Å². The largest absolute Gasteiger partial charge is 0.365 e. The summed E-state index contributed by atoms with van der Waals surface area (Å²) in [5, 5.41) is 4.84. The molecule has 1 aliphatic rings. The lowest BCUT2D eigenvalue weighted by Gasteiger charge is -2.25. The van der Waals surface area contributed by atoms with E-state index in [1.807, 2.05) is 14.1 Å². The predicted molar refractivity (Wildman–Crippen MR) is 89.8 cm³/mol. The minimum Gasteiger partial charge on any atom is -0.313 e. The topological polar surface area (TPSA) is 41.9 Å². The highest BCUT2D eigenvalue weighted by atomic mass is 35.5. The van der Waals surface area contributed by atoms with Crippen molar-refractivity contribution in [1.29, 1.82) is 0 Å². The number of rotatable bonds is 4. The van der Waals surface area contributed by atoms with Crippen LogP contribution in [0.3, 0.4) is 0 Å². The first-order valence-electron chi connectivity index (χ1n) is 7.35. The average Bonchev–Trinajstić information content (AvgIpc) is 2.48. The van der Waals surface area contributed by atoms with Crippen molar-refractivity contribution >= 4 is 34.9 Å². The molecule has 1 aliphatic carbocycles. The summed E-state index contributed by atoms with van der Waals surface area (Å²) in [6.45, 7) is 0.920. The number of oxime groups is 1. The number of carbonyl (C=O) groups excluding carboxylic acids is 1. The molecule has 1 saturated carbocycles. The fourth-order valence-electron chi connectivity index (χ4n) is 2.60. The zero-order chi connectivity index (χ0) is 16.1. The molecule has 0 saturated heterocycles. The van der Waals surface area contributed by atoms with E-state index >= 15 is 0 Å². The van der Waals surface area contributed by atoms with Crippen LogP contribution in [0.1, 0.15) is 36.0 Å². The first-order chi connectivity index (χ1) is 10.5. The van der Waals surface area contributed by atoms with Gasteiger partial charge >= 0.3 is 5.97 Å². The molecule has 6 heteroatoms. The molecule has 0 bridgehead atoms. The van der Waals surface area contributed by atoms with Gasteiger partial charge in [-0.3, -0.25) is 0 Å². The molecule has 0 aromatic heterocycles. The maximum atomic E-state index is 12.0. The van der Waals surface area contributed by atoms with Crippen molar-refractivity contribution in [1.82, 2.24) is 4.90 Å². The molecular weight excluding hydrogens is 323 g/mol. The molecule has 0 aliphatic heterocycles. The monoisotopic (exact) mass is 342 g/mol. The third-order valence-corrected chi connectivity index (χ3v) is 4.43. The Bertz CT molecular complexity index is 573. The number of benzene rings is 1. The summed E-state index contributed by atoms with van der Waals surface area (Å²) >= 11 is 11.7. The molecule has 0 amide bonds. The molecule has 0 spiro atoms. The Morgan fingerprint density at radius 3 is 2.77 bits per heavy atom. The Morgan fingerprint density at radius 1 is 1.32 bits per heavy atom. The first kappa shape index (κ1) is 17.3. The Labute approximate surface area is 141 Å². The van der Waals surface area contributed by atoms with Crippen molar-refractivity contribution in [2.45, 2.75) is 25.7 Å². The van der Waals surface area contributed by atoms with Crippen LogP contribution in [0.15, 0.2) is 23.4 Å². The van der Waals surface area contributed by atoms with Crippen LogP contribution in [0.4, 0.5) is 0 Å². The van der Waals surface area contributed by atoms with Gasteiger partial charge in [0.2, 0.25) is 0 Å². The van der Waals surface area contributed by atoms with Gasteiger partial charge in [-0.15, -0.1) is 0 Å². The van der Waals surface area contributed by atoms with Crippen LogP contribution < -0.4 is 0 Å². The molecular formula is C16H20Cl2N2O2. The third kappa shape index (κ3) is 4.70. The molecule has 1 atom stereocenters. The summed E-state index contributed by atoms with van der Waals surface area (Å²) in [6.07, 6.45) is 4.25. The van der Waals surface area contributed by atoms with Crippen molar-refractivity contribution in [3.8, 4) is 0 Å². The molecule has 0 radical (unpaired) electrons. The van der Waals surface area contributed by atoms with Crippen LogP contribution in [0.25, 0.3) is 0 Å². The van der Waals surface area contributed by atoms with Crippen molar-refractivity contribution in [3.05, 3.63) is 33.8 Å². The third-order valence-electron chi connectivity index (χ3n) is 3.69. The molecule has 4 nitrogen and oxygen atoms in total. The maximum Gasteiger partial charge on any atom is 0.365 e. The second-order valence-electron chi connectivity index (χ2n) is 5.80. The Kier molecular flexibility index (Phi) is 6.24. The van der Waals surface area contributed by atoms with Gasteiger partial charge in [0.1, 0.15) is 0 Å². The highest BCUT2D eigenvalue weighted by Crippen LogP contribution is 2.24. The van der Waals surface area contributed by atoms with Gasteiger partial charge in [0.05, 0.1) is 21.3 Å². The second kappa shape index (κ2) is 7.95. The lowest BCUT2D eigenvalue weighted by molar-refractivity contribution is 0.0511. The second-order valence-corrected chi connectivity index (χ2v) is 6.61. The van der Waals surface area contributed by atoms with Crippen LogP contribution >= 0.6 is 23.2 Å². The number of carbonyl (C=O) groups is 1. The lowest BCUT2D eigenvalue weighted by Crippen LogP contribution is -2.30. The van der Waals surface area contributed by atoms with E-state index in [-0.39, 0.29) is 0 Å². The summed E-state index contributed by atoms with van der Waals surface area (Å²) in [7, 11) is 4.07. The van der Waals surface area contributed by atoms with E-state index in [1.165, 1.54) is 12.5 Å². The zero-order valence-electron chi connectivity index (χ0n) is 12.8. The Hall–Kier alpha value is -1.10. The van der Waals surface area contributed by atoms with E-state index in [0.29, 0.717) is 21.5 Å². The summed E-state index contributed by atoms with van der Waals surface area (Å²) in [4.78, 5) is 19.3. The fraction of sp³-hybridized carbons (Fsp3) is 0.500. The van der Waals surface area contributed by atoms with E-state index < -0.39 is 5.97 Å². The molecule has 2 rings (SSSR count). The first-order valence-corrected chi connectivity index (χ1v) is 8.11. The minimum atomic E-state index is -0.514. The van der Waals surface area contributed by atoms with Crippen LogP contribution in [-0.2, 0) is 4.84 Å². The lowest BCUT2D eigenvalue weighted by atomic mass is 9.87. The van der Waals surface area contributed by atoms with Gasteiger partial charge < -0.3 is 9.74 Å². The van der Waals surface area contributed by atoms with Crippen LogP contribution in [0.5, 0.6) is 0 Å². The van der Waals surface area contributed by atoms with Crippen LogP contribution in [0.2, 0.25) is 10.0 Å². The van der Waals surface area contributed by atoms with Gasteiger partial charge in [0, 0.05) is 12.5 Å². The molecule has 0 unspecified atom stereocenters. The van der Waals surface area contributed by atoms with Gasteiger partial charge in [0.15, 0.2) is 0 Å². The van der Waals surface area contributed by atoms with Crippen molar-refractivity contribution < 1.29 is 9.63 Å². The highest BCUT2D eigenvalue weighted by molar-refractivity contribution is 6.42. The normalized spacial score (nSPS) is 20.4. The summed E-state index contributed by atoms with van der Waals surface area (Å²) in [5.41, 5.74) is 1.31. The number of halogens is 2. The summed E-state index contributed by atoms with van der Waals surface area (Å²) < 4.78 is 0. The smallest absolute Gasteiger partial charge is 0.313 e. The molecule has 120 valence electrons. The van der Waals surface area contributed by atoms with Crippen molar-refractivity contribution in [3.63, 3.8) is 0 Å². The van der Waals surface area contributed by atoms with E-state index in [9.17, 15) is 4.79 Å². The van der Waals surface area contributed by atoms with E-state index in [0.717, 1.165) is 31.5 Å². The van der Waals surface area contributed by atoms with Gasteiger partial charge in [-0.2, -0.15) is 0 Å². The average molecular weight is 343 g/mol. The quantitative estimate of drug-likeness (QED) is 0.606. The zero-order valence-corrected chi connectivity index (χ0v) is 14.3. The van der Waals surface area contributed by atoms with Gasteiger partial charge in [0.25, 0.3) is 0 Å². The van der Waals surface area contributed by atoms with E-state index in [2.05, 4.69) is 10.1 Å². The molecule has 22 heavy (non-hydrogen) atoms. The number of hydrogen-bond acceptors (Lipinski definition) is 4. The van der Waals surface area contributed by atoms with Gasteiger partial charge in [-0.25, -0.2) is 4.79 Å². The number of hydrogen-bond donors (Lipinski definition) is 0. The molecule has 1 aromatic carbocycles. The maximum absolute atomic E-state index is 12.0.